The first-order valence-corrected chi connectivity index (χ1v) is 15.0. The van der Waals surface area contributed by atoms with Crippen LogP contribution < -0.4 is 16.0 Å². The lowest BCUT2D eigenvalue weighted by Gasteiger charge is -2.45. The highest BCUT2D eigenvalue weighted by atomic mass is 35.5. The molecule has 2 aliphatic heterocycles. The molecule has 0 spiro atoms. The number of rotatable bonds is 11. The van der Waals surface area contributed by atoms with Crippen LogP contribution in [0.15, 0.2) is 48.5 Å². The van der Waals surface area contributed by atoms with Crippen LogP contribution in [0.3, 0.4) is 0 Å². The highest BCUT2D eigenvalue weighted by Gasteiger charge is 2.38. The van der Waals surface area contributed by atoms with Crippen LogP contribution in [-0.4, -0.2) is 84.9 Å². The minimum atomic E-state index is -0.775. The molecule has 0 aromatic heterocycles. The van der Waals surface area contributed by atoms with Crippen molar-refractivity contribution < 1.29 is 18.8 Å². The molecule has 222 valence electrons. The fraction of sp³-hybridized carbons (Fsp3) is 0.516. The van der Waals surface area contributed by atoms with Crippen molar-refractivity contribution in [3.05, 3.63) is 70.5 Å². The van der Waals surface area contributed by atoms with E-state index in [1.54, 1.807) is 19.2 Å². The fourth-order valence-corrected chi connectivity index (χ4v) is 6.12. The fourth-order valence-electron chi connectivity index (χ4n) is 5.91. The van der Waals surface area contributed by atoms with Gasteiger partial charge < -0.3 is 20.9 Å². The van der Waals surface area contributed by atoms with E-state index in [-0.39, 0.29) is 42.0 Å². The molecule has 2 aromatic carbocycles. The average molecular weight is 586 g/mol. The summed E-state index contributed by atoms with van der Waals surface area (Å²) in [6.07, 6.45) is 4.05. The van der Waals surface area contributed by atoms with Gasteiger partial charge in [-0.15, -0.1) is 0 Å². The molecule has 0 aliphatic carbocycles. The topological polar surface area (TPSA) is 93.8 Å². The number of benzene rings is 2. The molecule has 2 heterocycles. The van der Waals surface area contributed by atoms with Crippen LogP contribution in [0.2, 0.25) is 5.02 Å². The molecule has 4 unspecified atom stereocenters. The first-order valence-electron chi connectivity index (χ1n) is 14.6. The Bertz CT molecular complexity index is 1190. The number of carbonyl (C=O) groups excluding carboxylic acids is 3. The van der Waals surface area contributed by atoms with Gasteiger partial charge in [-0.2, -0.15) is 0 Å². The van der Waals surface area contributed by atoms with Crippen LogP contribution in [0.5, 0.6) is 0 Å². The Labute approximate surface area is 247 Å². The Morgan fingerprint density at radius 2 is 1.88 bits per heavy atom. The zero-order chi connectivity index (χ0) is 29.4. The number of piperazine rings is 1. The van der Waals surface area contributed by atoms with Crippen LogP contribution in [0.25, 0.3) is 0 Å². The van der Waals surface area contributed by atoms with E-state index in [4.69, 9.17) is 11.6 Å². The van der Waals surface area contributed by atoms with Crippen molar-refractivity contribution in [1.29, 1.82) is 0 Å². The maximum absolute atomic E-state index is 14.1. The van der Waals surface area contributed by atoms with E-state index >= 15 is 0 Å². The van der Waals surface area contributed by atoms with Crippen molar-refractivity contribution in [3.63, 3.8) is 0 Å². The molecule has 2 aromatic rings. The van der Waals surface area contributed by atoms with Crippen LogP contribution in [0.4, 0.5) is 4.39 Å². The van der Waals surface area contributed by atoms with Gasteiger partial charge in [-0.25, -0.2) is 4.39 Å². The predicted molar refractivity (Wildman–Crippen MR) is 158 cm³/mol. The van der Waals surface area contributed by atoms with Gasteiger partial charge in [0.25, 0.3) is 0 Å². The van der Waals surface area contributed by atoms with Gasteiger partial charge in [0, 0.05) is 44.2 Å². The second kappa shape index (κ2) is 14.8. The number of hydrogen-bond donors (Lipinski definition) is 3. The highest BCUT2D eigenvalue weighted by Crippen LogP contribution is 2.22. The Morgan fingerprint density at radius 1 is 1.10 bits per heavy atom. The molecule has 8 nitrogen and oxygen atoms in total. The second-order valence-corrected chi connectivity index (χ2v) is 11.4. The third-order valence-electron chi connectivity index (χ3n) is 8.07. The van der Waals surface area contributed by atoms with Crippen molar-refractivity contribution in [3.8, 4) is 0 Å². The lowest BCUT2D eigenvalue weighted by molar-refractivity contribution is -0.142. The maximum Gasteiger partial charge on any atom is 0.245 e. The quantitative estimate of drug-likeness (QED) is 0.377. The van der Waals surface area contributed by atoms with Gasteiger partial charge in [-0.3, -0.25) is 19.3 Å². The summed E-state index contributed by atoms with van der Waals surface area (Å²) < 4.78 is 13.6. The third kappa shape index (κ3) is 8.27. The molecule has 3 amide bonds. The summed E-state index contributed by atoms with van der Waals surface area (Å²) in [5.41, 5.74) is 1.75. The second-order valence-electron chi connectivity index (χ2n) is 11.0. The van der Waals surface area contributed by atoms with Crippen molar-refractivity contribution >= 4 is 29.3 Å². The minimum absolute atomic E-state index is 0.0782. The van der Waals surface area contributed by atoms with Gasteiger partial charge in [-0.05, 0) is 67.6 Å². The van der Waals surface area contributed by atoms with Gasteiger partial charge >= 0.3 is 0 Å². The zero-order valence-corrected chi connectivity index (χ0v) is 24.6. The predicted octanol–water partition coefficient (Wildman–Crippen LogP) is 2.93. The molecule has 4 atom stereocenters. The monoisotopic (exact) mass is 585 g/mol. The molecule has 0 radical (unpaired) electrons. The molecular formula is C31H41ClFN5O3. The number of amides is 3. The Balaban J connectivity index is 1.53. The summed E-state index contributed by atoms with van der Waals surface area (Å²) >= 11 is 6.21. The average Bonchev–Trinajstić information content (AvgIpc) is 3.52. The number of halogens is 2. The highest BCUT2D eigenvalue weighted by molar-refractivity contribution is 6.30. The van der Waals surface area contributed by atoms with E-state index in [1.165, 1.54) is 12.1 Å². The standard InChI is InChI=1S/C31H41ClFN5O3/c1-3-6-25-20-37(28(30(40)34-2)19-22-7-4-8-23(32)17-22)15-16-38(25)31(41)27(18-21-10-12-24(33)13-11-21)36-29(39)26-9-5-14-35-26/h4,7-8,10-13,17,25-28,35H,3,5-6,9,14-16,18-20H2,1-2H3,(H,34,40)(H,36,39). The summed E-state index contributed by atoms with van der Waals surface area (Å²) in [6.45, 7) is 4.35. The molecule has 41 heavy (non-hydrogen) atoms. The molecule has 4 rings (SSSR count). The first kappa shape index (κ1) is 30.9. The maximum atomic E-state index is 14.1. The SMILES string of the molecule is CCCC1CN(C(Cc2cccc(Cl)c2)C(=O)NC)CCN1C(=O)C(Cc1ccc(F)cc1)NC(=O)C1CCCN1. The smallest absolute Gasteiger partial charge is 0.245 e. The van der Waals surface area contributed by atoms with E-state index in [9.17, 15) is 18.8 Å². The van der Waals surface area contributed by atoms with Crippen LogP contribution in [-0.2, 0) is 27.2 Å². The van der Waals surface area contributed by atoms with E-state index in [0.717, 1.165) is 43.4 Å². The van der Waals surface area contributed by atoms with Gasteiger partial charge in [0.05, 0.1) is 12.1 Å². The molecule has 2 aliphatic rings. The van der Waals surface area contributed by atoms with E-state index in [1.807, 2.05) is 29.2 Å². The lowest BCUT2D eigenvalue weighted by atomic mass is 9.98. The molecule has 2 fully saturated rings. The number of carbonyl (C=O) groups is 3. The lowest BCUT2D eigenvalue weighted by Crippen LogP contribution is -2.63. The summed E-state index contributed by atoms with van der Waals surface area (Å²) in [5, 5.41) is 9.63. The van der Waals surface area contributed by atoms with Gasteiger partial charge in [0.15, 0.2) is 0 Å². The van der Waals surface area contributed by atoms with E-state index < -0.39 is 12.1 Å². The molecule has 0 saturated carbocycles. The summed E-state index contributed by atoms with van der Waals surface area (Å²) in [4.78, 5) is 44.2. The number of likely N-dealkylation sites (N-methyl/N-ethyl adjacent to an activating group) is 1. The third-order valence-corrected chi connectivity index (χ3v) is 8.31. The normalized spacial score (nSPS) is 20.8. The van der Waals surface area contributed by atoms with Gasteiger partial charge in [0.2, 0.25) is 17.7 Å². The zero-order valence-electron chi connectivity index (χ0n) is 23.9. The van der Waals surface area contributed by atoms with Crippen LogP contribution in [0.1, 0.15) is 43.7 Å². The Morgan fingerprint density at radius 3 is 2.54 bits per heavy atom. The van der Waals surface area contributed by atoms with Crippen LogP contribution in [0, 0.1) is 5.82 Å². The number of nitrogens with zero attached hydrogens (tertiary/aromatic N) is 2. The van der Waals surface area contributed by atoms with Gasteiger partial charge in [-0.1, -0.05) is 49.2 Å². The summed E-state index contributed by atoms with van der Waals surface area (Å²) in [6, 6.07) is 12.0. The Kier molecular flexibility index (Phi) is 11.1. The van der Waals surface area contributed by atoms with Crippen molar-refractivity contribution in [1.82, 2.24) is 25.8 Å². The van der Waals surface area contributed by atoms with E-state index in [0.29, 0.717) is 31.1 Å². The van der Waals surface area contributed by atoms with Crippen molar-refractivity contribution in [2.45, 2.75) is 69.6 Å². The molecule has 0 bridgehead atoms. The number of hydrogen-bond acceptors (Lipinski definition) is 5. The molecule has 3 N–H and O–H groups in total. The van der Waals surface area contributed by atoms with Crippen LogP contribution >= 0.6 is 11.6 Å². The van der Waals surface area contributed by atoms with Crippen molar-refractivity contribution in [2.75, 3.05) is 33.2 Å². The largest absolute Gasteiger partial charge is 0.358 e. The van der Waals surface area contributed by atoms with Gasteiger partial charge in [0.1, 0.15) is 11.9 Å². The summed E-state index contributed by atoms with van der Waals surface area (Å²) in [7, 11) is 1.64. The molecule has 10 heteroatoms. The van der Waals surface area contributed by atoms with E-state index in [2.05, 4.69) is 27.8 Å². The minimum Gasteiger partial charge on any atom is -0.358 e. The molecular weight excluding hydrogens is 545 g/mol. The molecule has 2 saturated heterocycles. The first-order chi connectivity index (χ1) is 19.8. The Hall–Kier alpha value is -3.01. The summed E-state index contributed by atoms with van der Waals surface area (Å²) in [5.74, 6) is -0.760. The number of nitrogens with one attached hydrogen (secondary N) is 3. The van der Waals surface area contributed by atoms with Crippen molar-refractivity contribution in [2.24, 2.45) is 0 Å².